The summed E-state index contributed by atoms with van der Waals surface area (Å²) < 4.78 is 5.53. The van der Waals surface area contributed by atoms with E-state index in [1.807, 2.05) is 0 Å². The number of urea groups is 1. The Morgan fingerprint density at radius 3 is 2.67 bits per heavy atom. The molecule has 1 aliphatic heterocycles. The first-order valence-electron chi connectivity index (χ1n) is 7.04. The molecule has 0 bridgehead atoms. The van der Waals surface area contributed by atoms with Gasteiger partial charge in [-0.15, -0.1) is 0 Å². The molecule has 0 radical (unpaired) electrons. The number of carbonyl (C=O) groups excluding carboxylic acids is 2. The van der Waals surface area contributed by atoms with Crippen LogP contribution in [0.4, 0.5) is 4.79 Å². The number of rotatable bonds is 7. The fourth-order valence-corrected chi connectivity index (χ4v) is 2.14. The summed E-state index contributed by atoms with van der Waals surface area (Å²) in [6, 6.07) is -1.62. The molecule has 1 unspecified atom stereocenters. The number of amides is 3. The van der Waals surface area contributed by atoms with Crippen LogP contribution in [0, 0.1) is 0 Å². The highest BCUT2D eigenvalue weighted by Crippen LogP contribution is 2.13. The SMILES string of the molecule is CN(CC1CCCCO1)C(=O)N[C@@H](CCC(N)=O)C(=O)O. The molecular formula is C13H23N3O5. The zero-order valence-corrected chi connectivity index (χ0v) is 12.2. The van der Waals surface area contributed by atoms with Gasteiger partial charge < -0.3 is 25.8 Å². The summed E-state index contributed by atoms with van der Waals surface area (Å²) in [7, 11) is 1.58. The van der Waals surface area contributed by atoms with Gasteiger partial charge in [0, 0.05) is 26.6 Å². The molecule has 1 fully saturated rings. The first-order valence-corrected chi connectivity index (χ1v) is 7.04. The molecule has 2 atom stereocenters. The number of hydrogen-bond acceptors (Lipinski definition) is 4. The number of aliphatic carboxylic acids is 1. The number of carboxylic acid groups (broad SMARTS) is 1. The van der Waals surface area contributed by atoms with Crippen LogP contribution in [0.2, 0.25) is 0 Å². The number of nitrogens with two attached hydrogens (primary N) is 1. The summed E-state index contributed by atoms with van der Waals surface area (Å²) in [5.41, 5.74) is 4.98. The number of carboxylic acids is 1. The van der Waals surface area contributed by atoms with Crippen molar-refractivity contribution in [3.8, 4) is 0 Å². The second-order valence-electron chi connectivity index (χ2n) is 5.21. The highest BCUT2D eigenvalue weighted by atomic mass is 16.5. The van der Waals surface area contributed by atoms with Crippen LogP contribution in [0.1, 0.15) is 32.1 Å². The van der Waals surface area contributed by atoms with Gasteiger partial charge in [-0.2, -0.15) is 0 Å². The van der Waals surface area contributed by atoms with Crippen LogP contribution in [-0.4, -0.2) is 60.3 Å². The number of carbonyl (C=O) groups is 3. The second kappa shape index (κ2) is 8.46. The van der Waals surface area contributed by atoms with E-state index in [4.69, 9.17) is 15.6 Å². The van der Waals surface area contributed by atoms with E-state index < -0.39 is 23.9 Å². The summed E-state index contributed by atoms with van der Waals surface area (Å²) in [6.07, 6.45) is 2.86. The first kappa shape index (κ1) is 17.2. The van der Waals surface area contributed by atoms with Gasteiger partial charge in [-0.05, 0) is 25.7 Å². The lowest BCUT2D eigenvalue weighted by atomic mass is 10.1. The lowest BCUT2D eigenvalue weighted by molar-refractivity contribution is -0.139. The number of ether oxygens (including phenoxy) is 1. The van der Waals surface area contributed by atoms with Gasteiger partial charge in [0.1, 0.15) is 6.04 Å². The maximum Gasteiger partial charge on any atom is 0.326 e. The number of likely N-dealkylation sites (N-methyl/N-ethyl adjacent to an activating group) is 1. The summed E-state index contributed by atoms with van der Waals surface area (Å²) >= 11 is 0. The number of nitrogens with zero attached hydrogens (tertiary/aromatic N) is 1. The average molecular weight is 301 g/mol. The van der Waals surface area contributed by atoms with Crippen molar-refractivity contribution in [3.63, 3.8) is 0 Å². The topological polar surface area (TPSA) is 122 Å². The molecular weight excluding hydrogens is 278 g/mol. The van der Waals surface area contributed by atoms with E-state index in [0.29, 0.717) is 13.2 Å². The third kappa shape index (κ3) is 6.44. The molecule has 0 spiro atoms. The van der Waals surface area contributed by atoms with Crippen molar-refractivity contribution in [1.82, 2.24) is 10.2 Å². The summed E-state index contributed by atoms with van der Waals surface area (Å²) in [6.45, 7) is 1.10. The van der Waals surface area contributed by atoms with Gasteiger partial charge in [-0.25, -0.2) is 9.59 Å². The van der Waals surface area contributed by atoms with Gasteiger partial charge in [-0.3, -0.25) is 4.79 Å². The van der Waals surface area contributed by atoms with E-state index in [-0.39, 0.29) is 18.9 Å². The minimum absolute atomic E-state index is 0.0107. The largest absolute Gasteiger partial charge is 0.480 e. The Morgan fingerprint density at radius 1 is 1.43 bits per heavy atom. The molecule has 4 N–H and O–H groups in total. The van der Waals surface area contributed by atoms with Gasteiger partial charge in [0.05, 0.1) is 6.10 Å². The first-order chi connectivity index (χ1) is 9.90. The zero-order chi connectivity index (χ0) is 15.8. The van der Waals surface area contributed by atoms with Crippen LogP contribution in [0.25, 0.3) is 0 Å². The van der Waals surface area contributed by atoms with Crippen LogP contribution >= 0.6 is 0 Å². The molecule has 3 amide bonds. The van der Waals surface area contributed by atoms with E-state index in [1.165, 1.54) is 4.90 Å². The smallest absolute Gasteiger partial charge is 0.326 e. The van der Waals surface area contributed by atoms with Crippen molar-refractivity contribution in [2.45, 2.75) is 44.2 Å². The third-order valence-corrected chi connectivity index (χ3v) is 3.37. The quantitative estimate of drug-likeness (QED) is 0.607. The van der Waals surface area contributed by atoms with Crippen molar-refractivity contribution < 1.29 is 24.2 Å². The highest BCUT2D eigenvalue weighted by molar-refractivity contribution is 5.83. The van der Waals surface area contributed by atoms with Crippen molar-refractivity contribution in [3.05, 3.63) is 0 Å². The summed E-state index contributed by atoms with van der Waals surface area (Å²) in [5, 5.41) is 11.4. The fraction of sp³-hybridized carbons (Fsp3) is 0.769. The monoisotopic (exact) mass is 301 g/mol. The van der Waals surface area contributed by atoms with Crippen molar-refractivity contribution in [2.75, 3.05) is 20.2 Å². The lowest BCUT2D eigenvalue weighted by Crippen LogP contribution is -2.49. The van der Waals surface area contributed by atoms with Crippen LogP contribution < -0.4 is 11.1 Å². The summed E-state index contributed by atoms with van der Waals surface area (Å²) in [4.78, 5) is 35.1. The summed E-state index contributed by atoms with van der Waals surface area (Å²) in [5.74, 6) is -1.79. The van der Waals surface area contributed by atoms with Crippen molar-refractivity contribution in [2.24, 2.45) is 5.73 Å². The van der Waals surface area contributed by atoms with E-state index in [2.05, 4.69) is 5.32 Å². The average Bonchev–Trinajstić information content (AvgIpc) is 2.43. The van der Waals surface area contributed by atoms with Crippen LogP contribution in [0.15, 0.2) is 0 Å². The Balaban J connectivity index is 2.43. The van der Waals surface area contributed by atoms with E-state index in [0.717, 1.165) is 19.3 Å². The van der Waals surface area contributed by atoms with Crippen molar-refractivity contribution >= 4 is 17.9 Å². The van der Waals surface area contributed by atoms with Crippen molar-refractivity contribution in [1.29, 1.82) is 0 Å². The Kier molecular flexibility index (Phi) is 6.93. The molecule has 1 heterocycles. The predicted octanol–water partition coefficient (Wildman–Crippen LogP) is -0.0844. The molecule has 8 heteroatoms. The second-order valence-corrected chi connectivity index (χ2v) is 5.21. The molecule has 1 aliphatic rings. The van der Waals surface area contributed by atoms with Gasteiger partial charge in [0.15, 0.2) is 0 Å². The minimum atomic E-state index is -1.19. The predicted molar refractivity (Wildman–Crippen MR) is 74.6 cm³/mol. The molecule has 21 heavy (non-hydrogen) atoms. The molecule has 0 aromatic heterocycles. The molecule has 0 saturated carbocycles. The lowest BCUT2D eigenvalue weighted by Gasteiger charge is -2.28. The van der Waals surface area contributed by atoms with E-state index in [9.17, 15) is 14.4 Å². The normalized spacial score (nSPS) is 19.6. The van der Waals surface area contributed by atoms with Gasteiger partial charge in [0.25, 0.3) is 0 Å². The molecule has 8 nitrogen and oxygen atoms in total. The highest BCUT2D eigenvalue weighted by Gasteiger charge is 2.24. The van der Waals surface area contributed by atoms with Crippen LogP contribution in [0.3, 0.4) is 0 Å². The maximum atomic E-state index is 12.0. The van der Waals surface area contributed by atoms with E-state index >= 15 is 0 Å². The Labute approximate surface area is 123 Å². The fourth-order valence-electron chi connectivity index (χ4n) is 2.14. The minimum Gasteiger partial charge on any atom is -0.480 e. The van der Waals surface area contributed by atoms with Gasteiger partial charge in [-0.1, -0.05) is 0 Å². The molecule has 0 aliphatic carbocycles. The van der Waals surface area contributed by atoms with Gasteiger partial charge >= 0.3 is 12.0 Å². The number of primary amides is 1. The Hall–Kier alpha value is -1.83. The molecule has 1 rings (SSSR count). The standard InChI is InChI=1S/C13H23N3O5/c1-16(8-9-4-2-3-7-21-9)13(20)15-10(12(18)19)5-6-11(14)17/h9-10H,2-8H2,1H3,(H2,14,17)(H,15,20)(H,18,19)/t9?,10-/m0/s1. The molecule has 120 valence electrons. The number of nitrogens with one attached hydrogen (secondary N) is 1. The number of hydrogen-bond donors (Lipinski definition) is 3. The Bertz CT molecular complexity index is 382. The van der Waals surface area contributed by atoms with Gasteiger partial charge in [0.2, 0.25) is 5.91 Å². The Morgan fingerprint density at radius 2 is 2.14 bits per heavy atom. The van der Waals surface area contributed by atoms with Crippen LogP contribution in [-0.2, 0) is 14.3 Å². The molecule has 0 aromatic rings. The molecule has 1 saturated heterocycles. The third-order valence-electron chi connectivity index (χ3n) is 3.37. The zero-order valence-electron chi connectivity index (χ0n) is 12.2. The van der Waals surface area contributed by atoms with Crippen LogP contribution in [0.5, 0.6) is 0 Å². The van der Waals surface area contributed by atoms with E-state index in [1.54, 1.807) is 7.05 Å². The maximum absolute atomic E-state index is 12.0. The molecule has 0 aromatic carbocycles.